The maximum Gasteiger partial charge on any atom is 0.227 e. The number of benzene rings is 1. The predicted molar refractivity (Wildman–Crippen MR) is 94.1 cm³/mol. The minimum atomic E-state index is -3.19. The number of ether oxygens (including phenoxy) is 1. The lowest BCUT2D eigenvalue weighted by molar-refractivity contribution is -0.131. The molecule has 2 rings (SSSR count). The third-order valence-corrected chi connectivity index (χ3v) is 6.31. The molecule has 0 radical (unpaired) electrons. The molecule has 0 bridgehead atoms. The molecule has 6 nitrogen and oxygen atoms in total. The Morgan fingerprint density at radius 2 is 1.88 bits per heavy atom. The summed E-state index contributed by atoms with van der Waals surface area (Å²) >= 11 is 6.08. The minimum Gasteiger partial charge on any atom is -0.496 e. The number of rotatable bonds is 5. The topological polar surface area (TPSA) is 66.9 Å². The zero-order valence-corrected chi connectivity index (χ0v) is 15.8. The van der Waals surface area contributed by atoms with Gasteiger partial charge < -0.3 is 9.64 Å². The molecule has 0 unspecified atom stereocenters. The SMILES string of the molecule is CCS(=O)(=O)N1CCN(C(=O)Cc2cc(Cl)cc(C)c2OC)CC1. The number of sulfonamides is 1. The van der Waals surface area contributed by atoms with Crippen LogP contribution < -0.4 is 4.74 Å². The van der Waals surface area contributed by atoms with Gasteiger partial charge in [0.15, 0.2) is 0 Å². The normalized spacial score (nSPS) is 16.2. The van der Waals surface area contributed by atoms with Crippen LogP contribution in [0.4, 0.5) is 0 Å². The molecule has 0 N–H and O–H groups in total. The van der Waals surface area contributed by atoms with Crippen molar-refractivity contribution >= 4 is 27.5 Å². The zero-order chi connectivity index (χ0) is 17.9. The van der Waals surface area contributed by atoms with Crippen LogP contribution in [-0.4, -0.2) is 62.6 Å². The molecule has 0 aromatic heterocycles. The Balaban J connectivity index is 2.05. The Morgan fingerprint density at radius 3 is 2.42 bits per heavy atom. The van der Waals surface area contributed by atoms with Gasteiger partial charge in [-0.1, -0.05) is 11.6 Å². The van der Waals surface area contributed by atoms with Gasteiger partial charge in [0.25, 0.3) is 0 Å². The second kappa shape index (κ2) is 7.72. The van der Waals surface area contributed by atoms with Crippen LogP contribution in [-0.2, 0) is 21.2 Å². The van der Waals surface area contributed by atoms with E-state index >= 15 is 0 Å². The highest BCUT2D eigenvalue weighted by Gasteiger charge is 2.28. The molecule has 0 saturated carbocycles. The van der Waals surface area contributed by atoms with Gasteiger partial charge in [-0.2, -0.15) is 4.31 Å². The van der Waals surface area contributed by atoms with Crippen LogP contribution in [0.2, 0.25) is 5.02 Å². The van der Waals surface area contributed by atoms with Gasteiger partial charge in [0.1, 0.15) is 5.75 Å². The number of nitrogens with zero attached hydrogens (tertiary/aromatic N) is 2. The van der Waals surface area contributed by atoms with Crippen molar-refractivity contribution in [2.24, 2.45) is 0 Å². The van der Waals surface area contributed by atoms with Crippen molar-refractivity contribution in [2.45, 2.75) is 20.3 Å². The fourth-order valence-electron chi connectivity index (χ4n) is 2.90. The number of hydrogen-bond acceptors (Lipinski definition) is 4. The number of aryl methyl sites for hydroxylation is 1. The minimum absolute atomic E-state index is 0.0523. The van der Waals surface area contributed by atoms with E-state index in [2.05, 4.69) is 0 Å². The number of halogens is 1. The summed E-state index contributed by atoms with van der Waals surface area (Å²) in [7, 11) is -1.63. The van der Waals surface area contributed by atoms with E-state index in [-0.39, 0.29) is 18.1 Å². The summed E-state index contributed by atoms with van der Waals surface area (Å²) < 4.78 is 30.6. The molecular formula is C16H23ClN2O4S. The molecule has 1 heterocycles. The van der Waals surface area contributed by atoms with Crippen LogP contribution in [0.3, 0.4) is 0 Å². The fraction of sp³-hybridized carbons (Fsp3) is 0.562. The Labute approximate surface area is 148 Å². The second-order valence-corrected chi connectivity index (χ2v) is 8.47. The third kappa shape index (κ3) is 4.20. The van der Waals surface area contributed by atoms with Crippen molar-refractivity contribution in [3.63, 3.8) is 0 Å². The average Bonchev–Trinajstić information content (AvgIpc) is 2.54. The first-order chi connectivity index (χ1) is 11.3. The van der Waals surface area contributed by atoms with Gasteiger partial charge in [-0.3, -0.25) is 4.79 Å². The number of amides is 1. The number of carbonyl (C=O) groups is 1. The molecule has 1 fully saturated rings. The molecule has 0 aliphatic carbocycles. The maximum atomic E-state index is 12.5. The number of hydrogen-bond donors (Lipinski definition) is 0. The van der Waals surface area contributed by atoms with Gasteiger partial charge in [0.2, 0.25) is 15.9 Å². The molecule has 0 spiro atoms. The highest BCUT2D eigenvalue weighted by atomic mass is 35.5. The Bertz CT molecular complexity index is 713. The fourth-order valence-corrected chi connectivity index (χ4v) is 4.28. The number of piperazine rings is 1. The van der Waals surface area contributed by atoms with Crippen molar-refractivity contribution in [3.05, 3.63) is 28.3 Å². The lowest BCUT2D eigenvalue weighted by Gasteiger charge is -2.34. The van der Waals surface area contributed by atoms with Crippen LogP contribution in [0.15, 0.2) is 12.1 Å². The number of carbonyl (C=O) groups excluding carboxylic acids is 1. The Morgan fingerprint density at radius 1 is 1.25 bits per heavy atom. The molecule has 1 saturated heterocycles. The van der Waals surface area contributed by atoms with E-state index in [0.717, 1.165) is 11.1 Å². The van der Waals surface area contributed by atoms with E-state index < -0.39 is 10.0 Å². The maximum absolute atomic E-state index is 12.5. The van der Waals surface area contributed by atoms with E-state index in [1.165, 1.54) is 4.31 Å². The van der Waals surface area contributed by atoms with Crippen molar-refractivity contribution in [3.8, 4) is 5.75 Å². The molecule has 134 valence electrons. The summed E-state index contributed by atoms with van der Waals surface area (Å²) in [6.07, 6.45) is 0.186. The second-order valence-electron chi connectivity index (χ2n) is 5.77. The molecule has 1 amide bonds. The smallest absolute Gasteiger partial charge is 0.227 e. The summed E-state index contributed by atoms with van der Waals surface area (Å²) in [5.41, 5.74) is 1.63. The highest BCUT2D eigenvalue weighted by Crippen LogP contribution is 2.28. The van der Waals surface area contributed by atoms with E-state index in [9.17, 15) is 13.2 Å². The summed E-state index contributed by atoms with van der Waals surface area (Å²) in [6, 6.07) is 3.53. The highest BCUT2D eigenvalue weighted by molar-refractivity contribution is 7.89. The lowest BCUT2D eigenvalue weighted by atomic mass is 10.1. The Hall–Kier alpha value is -1.31. The standard InChI is InChI=1S/C16H23ClN2O4S/c1-4-24(21,22)19-7-5-18(6-8-19)15(20)11-13-10-14(17)9-12(2)16(13)23-3/h9-10H,4-8,11H2,1-3H3. The van der Waals surface area contributed by atoms with Gasteiger partial charge in [0, 0.05) is 36.8 Å². The quantitative estimate of drug-likeness (QED) is 0.786. The van der Waals surface area contributed by atoms with Crippen LogP contribution >= 0.6 is 11.6 Å². The van der Waals surface area contributed by atoms with Crippen molar-refractivity contribution in [1.82, 2.24) is 9.21 Å². The van der Waals surface area contributed by atoms with Crippen molar-refractivity contribution < 1.29 is 17.9 Å². The Kier molecular flexibility index (Phi) is 6.11. The molecule has 1 aliphatic heterocycles. The van der Waals surface area contributed by atoms with Crippen LogP contribution in [0.25, 0.3) is 0 Å². The molecule has 24 heavy (non-hydrogen) atoms. The first-order valence-corrected chi connectivity index (χ1v) is 9.85. The summed E-state index contributed by atoms with van der Waals surface area (Å²) in [5, 5.41) is 0.565. The molecule has 0 atom stereocenters. The predicted octanol–water partition coefficient (Wildman–Crippen LogP) is 1.69. The molecular weight excluding hydrogens is 352 g/mol. The summed E-state index contributed by atoms with van der Waals surface area (Å²) in [6.45, 7) is 4.99. The monoisotopic (exact) mass is 374 g/mol. The van der Waals surface area contributed by atoms with Gasteiger partial charge in [0.05, 0.1) is 19.3 Å². The third-order valence-electron chi connectivity index (χ3n) is 4.21. The van der Waals surface area contributed by atoms with Crippen LogP contribution in [0.5, 0.6) is 5.75 Å². The summed E-state index contributed by atoms with van der Waals surface area (Å²) in [4.78, 5) is 14.2. The molecule has 1 aromatic rings. The van der Waals surface area contributed by atoms with Gasteiger partial charge in [-0.25, -0.2) is 8.42 Å². The van der Waals surface area contributed by atoms with E-state index in [1.807, 2.05) is 6.92 Å². The van der Waals surface area contributed by atoms with Gasteiger partial charge in [-0.05, 0) is 31.5 Å². The van der Waals surface area contributed by atoms with E-state index in [0.29, 0.717) is 37.0 Å². The zero-order valence-electron chi connectivity index (χ0n) is 14.2. The largest absolute Gasteiger partial charge is 0.496 e. The van der Waals surface area contributed by atoms with Crippen LogP contribution in [0, 0.1) is 6.92 Å². The number of methoxy groups -OCH3 is 1. The molecule has 1 aromatic carbocycles. The molecule has 1 aliphatic rings. The van der Waals surface area contributed by atoms with Gasteiger partial charge in [-0.15, -0.1) is 0 Å². The van der Waals surface area contributed by atoms with E-state index in [4.69, 9.17) is 16.3 Å². The van der Waals surface area contributed by atoms with Crippen molar-refractivity contribution in [2.75, 3.05) is 39.0 Å². The first-order valence-electron chi connectivity index (χ1n) is 7.87. The first kappa shape index (κ1) is 19.0. The van der Waals surface area contributed by atoms with Gasteiger partial charge >= 0.3 is 0 Å². The van der Waals surface area contributed by atoms with Crippen molar-refractivity contribution in [1.29, 1.82) is 0 Å². The van der Waals surface area contributed by atoms with E-state index in [1.54, 1.807) is 31.1 Å². The van der Waals surface area contributed by atoms with Crippen LogP contribution in [0.1, 0.15) is 18.1 Å². The lowest BCUT2D eigenvalue weighted by Crippen LogP contribution is -2.51. The summed E-state index contributed by atoms with van der Waals surface area (Å²) in [5.74, 6) is 0.698. The molecule has 8 heteroatoms. The average molecular weight is 375 g/mol.